The van der Waals surface area contributed by atoms with Gasteiger partial charge in [0.2, 0.25) is 11.8 Å². The lowest BCUT2D eigenvalue weighted by atomic mass is 10.1. The summed E-state index contributed by atoms with van der Waals surface area (Å²) in [5.41, 5.74) is 1.62. The van der Waals surface area contributed by atoms with Crippen LogP contribution in [0.25, 0.3) is 0 Å². The molecule has 0 aliphatic rings. The minimum Gasteiger partial charge on any atom is -0.462 e. The summed E-state index contributed by atoms with van der Waals surface area (Å²) in [4.78, 5) is 41.8. The summed E-state index contributed by atoms with van der Waals surface area (Å²) in [6, 6.07) is 10.4. The molecule has 142 valence electrons. The quantitative estimate of drug-likeness (QED) is 0.722. The molecule has 0 radical (unpaired) electrons. The first-order valence-corrected chi connectivity index (χ1v) is 8.72. The summed E-state index contributed by atoms with van der Waals surface area (Å²) in [5, 5.41) is 2.79. The predicted molar refractivity (Wildman–Crippen MR) is 101 cm³/mol. The molecule has 0 spiro atoms. The van der Waals surface area contributed by atoms with E-state index in [0.717, 1.165) is 5.56 Å². The van der Waals surface area contributed by atoms with Gasteiger partial charge in [-0.3, -0.25) is 14.6 Å². The Kier molecular flexibility index (Phi) is 7.49. The highest BCUT2D eigenvalue weighted by Crippen LogP contribution is 2.22. The molecule has 0 saturated heterocycles. The van der Waals surface area contributed by atoms with Gasteiger partial charge in [-0.15, -0.1) is 0 Å². The van der Waals surface area contributed by atoms with Crippen molar-refractivity contribution in [2.24, 2.45) is 0 Å². The molecule has 2 rings (SSSR count). The van der Waals surface area contributed by atoms with Gasteiger partial charge in [-0.2, -0.15) is 0 Å². The molecule has 0 aliphatic heterocycles. The molecule has 0 aliphatic carbocycles. The third-order valence-electron chi connectivity index (χ3n) is 3.85. The van der Waals surface area contributed by atoms with Crippen molar-refractivity contribution in [1.82, 2.24) is 10.3 Å². The molecule has 0 atom stereocenters. The van der Waals surface area contributed by atoms with Crippen LogP contribution in [0, 0.1) is 0 Å². The molecule has 0 unspecified atom stereocenters. The smallest absolute Gasteiger partial charge is 0.340 e. The number of hydrogen-bond donors (Lipinski definition) is 1. The van der Waals surface area contributed by atoms with Gasteiger partial charge in [-0.05, 0) is 30.7 Å². The number of para-hydroxylation sites is 1. The van der Waals surface area contributed by atoms with Crippen molar-refractivity contribution in [3.8, 4) is 0 Å². The summed E-state index contributed by atoms with van der Waals surface area (Å²) in [5.74, 6) is -0.953. The number of nitrogens with one attached hydrogen (secondary N) is 1. The molecule has 1 aromatic heterocycles. The number of carbonyl (C=O) groups is 3. The molecule has 0 bridgehead atoms. The Hall–Kier alpha value is -3.22. The summed E-state index contributed by atoms with van der Waals surface area (Å²) in [7, 11) is 0. The lowest BCUT2D eigenvalue weighted by Gasteiger charge is -2.23. The number of rotatable bonds is 8. The van der Waals surface area contributed by atoms with Crippen molar-refractivity contribution < 1.29 is 19.1 Å². The Morgan fingerprint density at radius 1 is 1.15 bits per heavy atom. The van der Waals surface area contributed by atoms with E-state index in [4.69, 9.17) is 4.74 Å². The number of hydrogen-bond acceptors (Lipinski definition) is 5. The second kappa shape index (κ2) is 10.1. The van der Waals surface area contributed by atoms with E-state index in [1.54, 1.807) is 49.6 Å². The number of aromatic nitrogens is 1. The van der Waals surface area contributed by atoms with E-state index in [1.807, 2.05) is 6.07 Å². The average molecular weight is 369 g/mol. The average Bonchev–Trinajstić information content (AvgIpc) is 2.67. The van der Waals surface area contributed by atoms with Crippen molar-refractivity contribution in [1.29, 1.82) is 0 Å². The van der Waals surface area contributed by atoms with Crippen LogP contribution in [0.15, 0.2) is 48.8 Å². The topological polar surface area (TPSA) is 88.6 Å². The molecule has 0 saturated carbocycles. The van der Waals surface area contributed by atoms with Crippen LogP contribution in [0.1, 0.15) is 36.2 Å². The molecule has 0 fully saturated rings. The molecule has 2 amide bonds. The number of ether oxygens (including phenoxy) is 1. The number of amides is 2. The van der Waals surface area contributed by atoms with E-state index in [9.17, 15) is 14.4 Å². The molecule has 1 N–H and O–H groups in total. The van der Waals surface area contributed by atoms with Crippen LogP contribution in [-0.2, 0) is 20.9 Å². The zero-order valence-electron chi connectivity index (χ0n) is 15.5. The standard InChI is InChI=1S/C20H23N3O4/c1-3-27-20(26)17-8-4-5-9-18(17)23(15(2)24)12-10-19(25)22-14-16-7-6-11-21-13-16/h4-9,11,13H,3,10,12,14H2,1-2H3,(H,22,25). The van der Waals surface area contributed by atoms with Gasteiger partial charge in [-0.1, -0.05) is 18.2 Å². The largest absolute Gasteiger partial charge is 0.462 e. The van der Waals surface area contributed by atoms with Crippen LogP contribution >= 0.6 is 0 Å². The van der Waals surface area contributed by atoms with Crippen LogP contribution in [0.3, 0.4) is 0 Å². The highest BCUT2D eigenvalue weighted by atomic mass is 16.5. The second-order valence-electron chi connectivity index (χ2n) is 5.80. The van der Waals surface area contributed by atoms with Crippen LogP contribution < -0.4 is 10.2 Å². The highest BCUT2D eigenvalue weighted by molar-refractivity contribution is 6.02. The van der Waals surface area contributed by atoms with Gasteiger partial charge in [-0.25, -0.2) is 4.79 Å². The van der Waals surface area contributed by atoms with Gasteiger partial charge in [0, 0.05) is 38.8 Å². The van der Waals surface area contributed by atoms with Crippen molar-refractivity contribution in [2.75, 3.05) is 18.1 Å². The van der Waals surface area contributed by atoms with Gasteiger partial charge in [0.05, 0.1) is 17.9 Å². The molecule has 7 nitrogen and oxygen atoms in total. The van der Waals surface area contributed by atoms with Crippen molar-refractivity contribution in [3.63, 3.8) is 0 Å². The Bertz CT molecular complexity index is 793. The first-order valence-electron chi connectivity index (χ1n) is 8.72. The monoisotopic (exact) mass is 369 g/mol. The molecular weight excluding hydrogens is 346 g/mol. The summed E-state index contributed by atoms with van der Waals surface area (Å²) < 4.78 is 5.05. The van der Waals surface area contributed by atoms with Gasteiger partial charge < -0.3 is 15.0 Å². The zero-order chi connectivity index (χ0) is 19.6. The van der Waals surface area contributed by atoms with Gasteiger partial charge in [0.15, 0.2) is 0 Å². The number of carbonyl (C=O) groups excluding carboxylic acids is 3. The van der Waals surface area contributed by atoms with Crippen LogP contribution in [-0.4, -0.2) is 35.9 Å². The molecule has 7 heteroatoms. The van der Waals surface area contributed by atoms with Crippen molar-refractivity contribution in [3.05, 3.63) is 59.9 Å². The predicted octanol–water partition coefficient (Wildman–Crippen LogP) is 2.32. The molecule has 27 heavy (non-hydrogen) atoms. The van der Waals surface area contributed by atoms with Crippen molar-refractivity contribution >= 4 is 23.5 Å². The van der Waals surface area contributed by atoms with E-state index < -0.39 is 5.97 Å². The Balaban J connectivity index is 2.03. The number of pyridine rings is 1. The first kappa shape index (κ1) is 20.1. The fourth-order valence-electron chi connectivity index (χ4n) is 2.54. The van der Waals surface area contributed by atoms with Gasteiger partial charge in [0.25, 0.3) is 0 Å². The Morgan fingerprint density at radius 2 is 1.93 bits per heavy atom. The van der Waals surface area contributed by atoms with Gasteiger partial charge in [0.1, 0.15) is 0 Å². The number of anilines is 1. The third kappa shape index (κ3) is 5.91. The van der Waals surface area contributed by atoms with E-state index >= 15 is 0 Å². The highest BCUT2D eigenvalue weighted by Gasteiger charge is 2.20. The first-order chi connectivity index (χ1) is 13.0. The second-order valence-corrected chi connectivity index (χ2v) is 5.80. The fourth-order valence-corrected chi connectivity index (χ4v) is 2.54. The van der Waals surface area contributed by atoms with E-state index in [-0.39, 0.29) is 31.4 Å². The van der Waals surface area contributed by atoms with E-state index in [2.05, 4.69) is 10.3 Å². The summed E-state index contributed by atoms with van der Waals surface area (Å²) >= 11 is 0. The lowest BCUT2D eigenvalue weighted by molar-refractivity contribution is -0.121. The Morgan fingerprint density at radius 3 is 2.59 bits per heavy atom. The minimum absolute atomic E-state index is 0.108. The molecule has 1 aromatic carbocycles. The minimum atomic E-state index is -0.500. The fraction of sp³-hybridized carbons (Fsp3) is 0.300. The van der Waals surface area contributed by atoms with Gasteiger partial charge >= 0.3 is 5.97 Å². The molecule has 1 heterocycles. The lowest BCUT2D eigenvalue weighted by Crippen LogP contribution is -2.34. The van der Waals surface area contributed by atoms with E-state index in [0.29, 0.717) is 17.8 Å². The summed E-state index contributed by atoms with van der Waals surface area (Å²) in [6.07, 6.45) is 3.45. The van der Waals surface area contributed by atoms with Crippen LogP contribution in [0.5, 0.6) is 0 Å². The summed E-state index contributed by atoms with van der Waals surface area (Å²) in [6.45, 7) is 3.88. The molecule has 2 aromatic rings. The molecular formula is C20H23N3O4. The van der Waals surface area contributed by atoms with E-state index in [1.165, 1.54) is 11.8 Å². The SMILES string of the molecule is CCOC(=O)c1ccccc1N(CCC(=O)NCc1cccnc1)C(C)=O. The maximum Gasteiger partial charge on any atom is 0.340 e. The third-order valence-corrected chi connectivity index (χ3v) is 3.85. The Labute approximate surface area is 158 Å². The maximum atomic E-state index is 12.1. The number of nitrogens with zero attached hydrogens (tertiary/aromatic N) is 2. The zero-order valence-corrected chi connectivity index (χ0v) is 15.5. The van der Waals surface area contributed by atoms with Crippen LogP contribution in [0.2, 0.25) is 0 Å². The normalized spacial score (nSPS) is 10.1. The van der Waals surface area contributed by atoms with Crippen molar-refractivity contribution in [2.45, 2.75) is 26.8 Å². The van der Waals surface area contributed by atoms with Crippen LogP contribution in [0.4, 0.5) is 5.69 Å². The number of esters is 1. The maximum absolute atomic E-state index is 12.1. The number of benzene rings is 1.